The molecular formula is C28H26N2O6. The van der Waals surface area contributed by atoms with Gasteiger partial charge in [0, 0.05) is 30.5 Å². The molecule has 1 saturated carbocycles. The van der Waals surface area contributed by atoms with Crippen molar-refractivity contribution in [2.24, 2.45) is 5.92 Å². The van der Waals surface area contributed by atoms with Gasteiger partial charge < -0.3 is 14.7 Å². The Morgan fingerprint density at radius 3 is 2.03 bits per heavy atom. The van der Waals surface area contributed by atoms with Crippen molar-refractivity contribution in [1.82, 2.24) is 4.90 Å². The maximum absolute atomic E-state index is 14.1. The van der Waals surface area contributed by atoms with E-state index in [0.717, 1.165) is 11.1 Å². The number of nitrogens with zero attached hydrogens (tertiary/aromatic N) is 2. The van der Waals surface area contributed by atoms with E-state index < -0.39 is 29.0 Å². The second-order valence-corrected chi connectivity index (χ2v) is 9.32. The zero-order chi connectivity index (χ0) is 25.2. The lowest BCUT2D eigenvalue weighted by atomic mass is 9.71. The number of carbonyl (C=O) groups excluding carboxylic acids is 1. The molecule has 3 aromatic carbocycles. The van der Waals surface area contributed by atoms with Crippen molar-refractivity contribution in [3.05, 3.63) is 106 Å². The van der Waals surface area contributed by atoms with E-state index in [9.17, 15) is 24.8 Å². The molecule has 3 aromatic rings. The predicted octanol–water partition coefficient (Wildman–Crippen LogP) is 4.64. The first-order valence-electron chi connectivity index (χ1n) is 12.0. The molecule has 6 rings (SSSR count). The highest BCUT2D eigenvalue weighted by Crippen LogP contribution is 2.44. The van der Waals surface area contributed by atoms with Crippen LogP contribution >= 0.6 is 0 Å². The Balaban J connectivity index is 1.44. The van der Waals surface area contributed by atoms with Crippen LogP contribution in [0.15, 0.2) is 84.9 Å². The fourth-order valence-electron chi connectivity index (χ4n) is 5.67. The van der Waals surface area contributed by atoms with E-state index in [-0.39, 0.29) is 23.6 Å². The van der Waals surface area contributed by atoms with Crippen LogP contribution in [0.1, 0.15) is 36.3 Å². The Kier molecular flexibility index (Phi) is 6.41. The first kappa shape index (κ1) is 23.5. The number of fused-ring (bicyclic) bond motifs is 3. The minimum Gasteiger partial charge on any atom is -0.490 e. The van der Waals surface area contributed by atoms with Crippen molar-refractivity contribution < 1.29 is 24.4 Å². The molecule has 1 N–H and O–H groups in total. The summed E-state index contributed by atoms with van der Waals surface area (Å²) in [6, 6.07) is 23.4. The summed E-state index contributed by atoms with van der Waals surface area (Å²) >= 11 is 0. The number of benzene rings is 3. The number of aliphatic carboxylic acids is 1. The zero-order valence-electron chi connectivity index (χ0n) is 19.5. The van der Waals surface area contributed by atoms with E-state index >= 15 is 0 Å². The fraction of sp³-hybridized carbons (Fsp3) is 0.286. The monoisotopic (exact) mass is 486 g/mol. The topological polar surface area (TPSA) is 110 Å². The summed E-state index contributed by atoms with van der Waals surface area (Å²) in [6.07, 6.45) is 1.44. The molecule has 8 heteroatoms. The molecular weight excluding hydrogens is 460 g/mol. The first-order chi connectivity index (χ1) is 17.4. The van der Waals surface area contributed by atoms with Gasteiger partial charge in [-0.3, -0.25) is 14.9 Å². The Labute approximate surface area is 208 Å². The third kappa shape index (κ3) is 4.42. The molecule has 0 spiro atoms. The van der Waals surface area contributed by atoms with Gasteiger partial charge in [0.25, 0.3) is 5.69 Å². The number of piperidine rings is 2. The molecule has 2 bridgehead atoms. The zero-order valence-corrected chi connectivity index (χ0v) is 19.5. The molecule has 1 aliphatic carbocycles. The van der Waals surface area contributed by atoms with Gasteiger partial charge in [0.05, 0.1) is 10.8 Å². The minimum absolute atomic E-state index is 0.0411. The van der Waals surface area contributed by atoms with Gasteiger partial charge in [-0.25, -0.2) is 4.79 Å². The molecule has 3 fully saturated rings. The van der Waals surface area contributed by atoms with E-state index in [1.165, 1.54) is 24.3 Å². The molecule has 0 aromatic heterocycles. The highest BCUT2D eigenvalue weighted by molar-refractivity contribution is 5.91. The van der Waals surface area contributed by atoms with Crippen molar-refractivity contribution in [3.8, 4) is 5.75 Å². The van der Waals surface area contributed by atoms with Gasteiger partial charge in [-0.05, 0) is 36.1 Å². The summed E-state index contributed by atoms with van der Waals surface area (Å²) in [4.78, 5) is 38.7. The number of non-ortho nitro benzene ring substituents is 1. The van der Waals surface area contributed by atoms with Gasteiger partial charge in [-0.2, -0.15) is 0 Å². The van der Waals surface area contributed by atoms with E-state index in [4.69, 9.17) is 4.74 Å². The molecule has 3 aliphatic rings. The third-order valence-electron chi connectivity index (χ3n) is 7.27. The Morgan fingerprint density at radius 1 is 0.917 bits per heavy atom. The van der Waals surface area contributed by atoms with Crippen LogP contribution in [0.2, 0.25) is 0 Å². The molecule has 1 unspecified atom stereocenters. The number of carboxylic acids is 1. The van der Waals surface area contributed by atoms with Crippen molar-refractivity contribution >= 4 is 17.6 Å². The van der Waals surface area contributed by atoms with E-state index in [1.54, 1.807) is 4.90 Å². The Bertz CT molecular complexity index is 1210. The van der Waals surface area contributed by atoms with E-state index in [0.29, 0.717) is 25.0 Å². The van der Waals surface area contributed by atoms with Gasteiger partial charge in [-0.1, -0.05) is 60.7 Å². The summed E-state index contributed by atoms with van der Waals surface area (Å²) < 4.78 is 6.14. The summed E-state index contributed by atoms with van der Waals surface area (Å²) in [7, 11) is 0. The van der Waals surface area contributed by atoms with Crippen LogP contribution in [0.3, 0.4) is 0 Å². The van der Waals surface area contributed by atoms with E-state index in [1.807, 2.05) is 60.7 Å². The number of nitro groups is 1. The van der Waals surface area contributed by atoms with Crippen molar-refractivity contribution in [2.75, 3.05) is 0 Å². The number of nitro benzene ring substituents is 1. The highest BCUT2D eigenvalue weighted by Gasteiger charge is 2.54. The second kappa shape index (κ2) is 9.81. The number of amides is 1. The standard InChI is InChI=1S/C28H26N2O6/c31-27(25(18-7-3-1-4-8-18)19-9-5-2-6-10-19)29-21-13-16-23(26(29)28(32)33)24(17-21)36-22-14-11-20(12-15-22)30(34)35/h1-12,14-15,21,23-26H,13,16-17H2,(H,32,33)/t21-,23+,24?,26-/m0/s1. The maximum Gasteiger partial charge on any atom is 0.326 e. The van der Waals surface area contributed by atoms with Crippen LogP contribution in [0.4, 0.5) is 5.69 Å². The van der Waals surface area contributed by atoms with Crippen molar-refractivity contribution in [3.63, 3.8) is 0 Å². The Hall–Kier alpha value is -4.20. The smallest absolute Gasteiger partial charge is 0.326 e. The summed E-state index contributed by atoms with van der Waals surface area (Å²) in [5.41, 5.74) is 1.59. The van der Waals surface area contributed by atoms with E-state index in [2.05, 4.69) is 0 Å². The molecule has 8 nitrogen and oxygen atoms in total. The van der Waals surface area contributed by atoms with Gasteiger partial charge >= 0.3 is 5.97 Å². The molecule has 4 atom stereocenters. The lowest BCUT2D eigenvalue weighted by Gasteiger charge is -2.53. The predicted molar refractivity (Wildman–Crippen MR) is 132 cm³/mol. The number of carbonyl (C=O) groups is 2. The molecule has 2 heterocycles. The van der Waals surface area contributed by atoms with Crippen LogP contribution < -0.4 is 4.74 Å². The van der Waals surface area contributed by atoms with Gasteiger partial charge in [-0.15, -0.1) is 0 Å². The normalized spacial score (nSPS) is 22.9. The summed E-state index contributed by atoms with van der Waals surface area (Å²) in [5.74, 6) is -1.81. The lowest BCUT2D eigenvalue weighted by Crippen LogP contribution is -2.66. The largest absolute Gasteiger partial charge is 0.490 e. The fourth-order valence-corrected chi connectivity index (χ4v) is 5.67. The van der Waals surface area contributed by atoms with Crippen molar-refractivity contribution in [1.29, 1.82) is 0 Å². The average Bonchev–Trinajstić information content (AvgIpc) is 2.90. The lowest BCUT2D eigenvalue weighted by molar-refractivity contribution is -0.384. The van der Waals surface area contributed by atoms with Crippen LogP contribution in [-0.2, 0) is 9.59 Å². The SMILES string of the molecule is O=C(O)[C@@H]1[C@@H]2CC[C@@H](CC2Oc2ccc([N+](=O)[O-])cc2)N1C(=O)C(c1ccccc1)c1ccccc1. The number of carboxylic acid groups (broad SMARTS) is 1. The molecule has 2 aliphatic heterocycles. The number of hydrogen-bond donors (Lipinski definition) is 1. The van der Waals surface area contributed by atoms with Crippen LogP contribution in [-0.4, -0.2) is 45.0 Å². The third-order valence-corrected chi connectivity index (χ3v) is 7.27. The molecule has 2 saturated heterocycles. The Morgan fingerprint density at radius 2 is 1.50 bits per heavy atom. The number of rotatable bonds is 7. The van der Waals surface area contributed by atoms with Crippen LogP contribution in [0.5, 0.6) is 5.75 Å². The summed E-state index contributed by atoms with van der Waals surface area (Å²) in [5, 5.41) is 21.2. The van der Waals surface area contributed by atoms with Crippen LogP contribution in [0, 0.1) is 16.0 Å². The summed E-state index contributed by atoms with van der Waals surface area (Å²) in [6.45, 7) is 0. The highest BCUT2D eigenvalue weighted by atomic mass is 16.6. The number of ether oxygens (including phenoxy) is 1. The van der Waals surface area contributed by atoms with Crippen molar-refractivity contribution in [2.45, 2.75) is 43.4 Å². The quantitative estimate of drug-likeness (QED) is 0.385. The van der Waals surface area contributed by atoms with Crippen LogP contribution in [0.25, 0.3) is 0 Å². The van der Waals surface area contributed by atoms with Gasteiger partial charge in [0.2, 0.25) is 5.91 Å². The maximum atomic E-state index is 14.1. The number of hydrogen-bond acceptors (Lipinski definition) is 5. The average molecular weight is 487 g/mol. The first-order valence-corrected chi connectivity index (χ1v) is 12.0. The molecule has 36 heavy (non-hydrogen) atoms. The van der Waals surface area contributed by atoms with Gasteiger partial charge in [0.15, 0.2) is 0 Å². The molecule has 184 valence electrons. The minimum atomic E-state index is -1.05. The molecule has 1 amide bonds. The molecule has 0 radical (unpaired) electrons. The van der Waals surface area contributed by atoms with Gasteiger partial charge in [0.1, 0.15) is 17.9 Å². The second-order valence-electron chi connectivity index (χ2n) is 9.32.